The fourth-order valence-corrected chi connectivity index (χ4v) is 3.60. The number of halogens is 1. The van der Waals surface area contributed by atoms with Crippen molar-refractivity contribution in [2.24, 2.45) is 0 Å². The Morgan fingerprint density at radius 3 is 2.83 bits per heavy atom. The van der Waals surface area contributed by atoms with E-state index in [2.05, 4.69) is 9.97 Å². The average Bonchev–Trinajstić information content (AvgIpc) is 2.98. The zero-order chi connectivity index (χ0) is 17.3. The second-order valence-electron chi connectivity index (χ2n) is 5.09. The van der Waals surface area contributed by atoms with Crippen molar-refractivity contribution < 1.29 is 18.7 Å². The van der Waals surface area contributed by atoms with E-state index in [4.69, 9.17) is 10.5 Å². The molecule has 3 rings (SSSR count). The number of hydrogen-bond donors (Lipinski definition) is 1. The highest BCUT2D eigenvalue weighted by Crippen LogP contribution is 2.38. The number of ketones is 1. The molecule has 124 valence electrons. The maximum atomic E-state index is 13.9. The van der Waals surface area contributed by atoms with Crippen LogP contribution in [0, 0.1) is 5.82 Å². The summed E-state index contributed by atoms with van der Waals surface area (Å²) in [5.41, 5.74) is 6.10. The molecule has 6 nitrogen and oxygen atoms in total. The summed E-state index contributed by atoms with van der Waals surface area (Å²) >= 11 is 1.18. The lowest BCUT2D eigenvalue weighted by Crippen LogP contribution is -2.20. The Bertz CT molecular complexity index is 828. The first kappa shape index (κ1) is 16.4. The van der Waals surface area contributed by atoms with Crippen LogP contribution >= 0.6 is 11.8 Å². The van der Waals surface area contributed by atoms with Crippen LogP contribution in [-0.4, -0.2) is 33.6 Å². The molecule has 1 aliphatic rings. The Balaban J connectivity index is 1.99. The summed E-state index contributed by atoms with van der Waals surface area (Å²) in [6.07, 6.45) is 0.245. The molecule has 0 saturated heterocycles. The number of thioether (sulfide) groups is 1. The van der Waals surface area contributed by atoms with Crippen molar-refractivity contribution in [3.63, 3.8) is 0 Å². The average molecular weight is 347 g/mol. The molecule has 0 radical (unpaired) electrons. The minimum atomic E-state index is -0.638. The highest BCUT2D eigenvalue weighted by atomic mass is 32.2. The summed E-state index contributed by atoms with van der Waals surface area (Å²) in [5.74, 6) is -1.70. The van der Waals surface area contributed by atoms with Gasteiger partial charge in [0, 0.05) is 12.0 Å². The standard InChI is InChI=1S/C16H14FN3O3S/c1-2-23-15(22)11-7-9-12(19-16(18)20-14(9)24-11)13(21)8-5-3-4-6-10(8)17/h3-6,11H,2,7H2,1H3,(H2,18,19,20). The molecule has 8 heteroatoms. The fraction of sp³-hybridized carbons (Fsp3) is 0.250. The van der Waals surface area contributed by atoms with Crippen LogP contribution in [0.25, 0.3) is 0 Å². The number of carbonyl (C=O) groups excluding carboxylic acids is 2. The summed E-state index contributed by atoms with van der Waals surface area (Å²) in [4.78, 5) is 32.7. The second kappa shape index (κ2) is 6.56. The van der Waals surface area contributed by atoms with Crippen molar-refractivity contribution in [2.75, 3.05) is 12.3 Å². The SMILES string of the molecule is CCOC(=O)C1Cc2c(nc(N)nc2C(=O)c2ccccc2F)S1. The Morgan fingerprint density at radius 2 is 2.12 bits per heavy atom. The maximum Gasteiger partial charge on any atom is 0.319 e. The van der Waals surface area contributed by atoms with Gasteiger partial charge < -0.3 is 10.5 Å². The first-order valence-electron chi connectivity index (χ1n) is 7.30. The Labute approximate surface area is 141 Å². The second-order valence-corrected chi connectivity index (χ2v) is 6.28. The summed E-state index contributed by atoms with van der Waals surface area (Å²) < 4.78 is 18.9. The molecule has 1 aliphatic heterocycles. The van der Waals surface area contributed by atoms with Gasteiger partial charge in [-0.1, -0.05) is 23.9 Å². The van der Waals surface area contributed by atoms with Crippen LogP contribution in [0.1, 0.15) is 28.5 Å². The third kappa shape index (κ3) is 2.96. The monoisotopic (exact) mass is 347 g/mol. The quantitative estimate of drug-likeness (QED) is 0.513. The van der Waals surface area contributed by atoms with Gasteiger partial charge in [0.05, 0.1) is 12.2 Å². The van der Waals surface area contributed by atoms with E-state index in [0.717, 1.165) is 0 Å². The smallest absolute Gasteiger partial charge is 0.319 e. The number of nitrogens with zero attached hydrogens (tertiary/aromatic N) is 2. The van der Waals surface area contributed by atoms with Crippen LogP contribution in [0.5, 0.6) is 0 Å². The molecule has 2 N–H and O–H groups in total. The first-order valence-corrected chi connectivity index (χ1v) is 8.18. The van der Waals surface area contributed by atoms with Gasteiger partial charge in [-0.2, -0.15) is 0 Å². The normalized spacial score (nSPS) is 15.8. The predicted octanol–water partition coefficient (Wildman–Crippen LogP) is 2.01. The zero-order valence-electron chi connectivity index (χ0n) is 12.8. The van der Waals surface area contributed by atoms with E-state index in [1.807, 2.05) is 0 Å². The van der Waals surface area contributed by atoms with Crippen molar-refractivity contribution in [3.05, 3.63) is 46.9 Å². The molecule has 0 aliphatic carbocycles. The van der Waals surface area contributed by atoms with E-state index in [-0.39, 0.29) is 36.2 Å². The molecule has 0 fully saturated rings. The number of benzene rings is 1. The zero-order valence-corrected chi connectivity index (χ0v) is 13.6. The topological polar surface area (TPSA) is 95.2 Å². The van der Waals surface area contributed by atoms with Gasteiger partial charge in [-0.05, 0) is 19.1 Å². The molecule has 2 heterocycles. The van der Waals surface area contributed by atoms with Crippen LogP contribution in [0.15, 0.2) is 29.3 Å². The molecule has 0 saturated carbocycles. The largest absolute Gasteiger partial charge is 0.465 e. The number of nitrogen functional groups attached to an aromatic ring is 1. The van der Waals surface area contributed by atoms with Gasteiger partial charge in [-0.25, -0.2) is 14.4 Å². The highest BCUT2D eigenvalue weighted by molar-refractivity contribution is 8.00. The van der Waals surface area contributed by atoms with E-state index in [9.17, 15) is 14.0 Å². The maximum absolute atomic E-state index is 13.9. The predicted molar refractivity (Wildman–Crippen MR) is 86.3 cm³/mol. The molecule has 2 aromatic rings. The molecule has 1 aromatic carbocycles. The summed E-state index contributed by atoms with van der Waals surface area (Å²) in [5, 5.41) is -0.0523. The van der Waals surface area contributed by atoms with Gasteiger partial charge in [-0.15, -0.1) is 0 Å². The summed E-state index contributed by atoms with van der Waals surface area (Å²) in [7, 11) is 0. The van der Waals surface area contributed by atoms with Gasteiger partial charge >= 0.3 is 5.97 Å². The molecular formula is C16H14FN3O3S. The minimum absolute atomic E-state index is 0.0295. The van der Waals surface area contributed by atoms with Gasteiger partial charge in [0.15, 0.2) is 0 Å². The highest BCUT2D eigenvalue weighted by Gasteiger charge is 2.35. The van der Waals surface area contributed by atoms with E-state index in [1.54, 1.807) is 13.0 Å². The van der Waals surface area contributed by atoms with Crippen molar-refractivity contribution in [3.8, 4) is 0 Å². The molecular weight excluding hydrogens is 333 g/mol. The van der Waals surface area contributed by atoms with E-state index in [0.29, 0.717) is 10.6 Å². The number of nitrogens with two attached hydrogens (primary N) is 1. The fourth-order valence-electron chi connectivity index (χ4n) is 2.45. The molecule has 1 unspecified atom stereocenters. The van der Waals surface area contributed by atoms with Crippen LogP contribution in [0.4, 0.5) is 10.3 Å². The molecule has 0 amide bonds. The van der Waals surface area contributed by atoms with Crippen molar-refractivity contribution in [1.82, 2.24) is 9.97 Å². The molecule has 24 heavy (non-hydrogen) atoms. The molecule has 0 bridgehead atoms. The van der Waals surface area contributed by atoms with Crippen molar-refractivity contribution >= 4 is 29.5 Å². The number of carbonyl (C=O) groups is 2. The van der Waals surface area contributed by atoms with Crippen LogP contribution in [0.3, 0.4) is 0 Å². The van der Waals surface area contributed by atoms with Gasteiger partial charge in [0.25, 0.3) is 0 Å². The van der Waals surface area contributed by atoms with Crippen molar-refractivity contribution in [1.29, 1.82) is 0 Å². The van der Waals surface area contributed by atoms with Gasteiger partial charge in [0.1, 0.15) is 21.8 Å². The molecule has 1 aromatic heterocycles. The van der Waals surface area contributed by atoms with Crippen LogP contribution in [-0.2, 0) is 16.0 Å². The third-order valence-electron chi connectivity index (χ3n) is 3.51. The van der Waals surface area contributed by atoms with Crippen LogP contribution in [0.2, 0.25) is 0 Å². The number of aromatic nitrogens is 2. The third-order valence-corrected chi connectivity index (χ3v) is 4.72. The minimum Gasteiger partial charge on any atom is -0.465 e. The number of fused-ring (bicyclic) bond motifs is 1. The number of ether oxygens (including phenoxy) is 1. The molecule has 1 atom stereocenters. The van der Waals surface area contributed by atoms with Crippen molar-refractivity contribution in [2.45, 2.75) is 23.6 Å². The number of esters is 1. The number of hydrogen-bond acceptors (Lipinski definition) is 7. The number of anilines is 1. The Morgan fingerprint density at radius 1 is 1.38 bits per heavy atom. The van der Waals surface area contributed by atoms with Crippen LogP contribution < -0.4 is 5.73 Å². The Kier molecular flexibility index (Phi) is 4.48. The lowest BCUT2D eigenvalue weighted by molar-refractivity contribution is -0.142. The summed E-state index contributed by atoms with van der Waals surface area (Å²) in [6, 6.07) is 5.65. The van der Waals surface area contributed by atoms with E-state index >= 15 is 0 Å². The number of rotatable bonds is 4. The van der Waals surface area contributed by atoms with E-state index < -0.39 is 16.9 Å². The van der Waals surface area contributed by atoms with E-state index in [1.165, 1.54) is 30.0 Å². The lowest BCUT2D eigenvalue weighted by Gasteiger charge is -2.07. The summed E-state index contributed by atoms with van der Waals surface area (Å²) in [6.45, 7) is 1.98. The van der Waals surface area contributed by atoms with Gasteiger partial charge in [0.2, 0.25) is 11.7 Å². The van der Waals surface area contributed by atoms with Gasteiger partial charge in [-0.3, -0.25) is 9.59 Å². The lowest BCUT2D eigenvalue weighted by atomic mass is 10.0. The molecule has 0 spiro atoms. The Hall–Kier alpha value is -2.48. The first-order chi connectivity index (χ1) is 11.5.